The molecule has 3 aromatic rings. The molecule has 19 heavy (non-hydrogen) atoms. The van der Waals surface area contributed by atoms with Crippen molar-refractivity contribution < 1.29 is 0 Å². The zero-order valence-corrected chi connectivity index (χ0v) is 11.6. The standard InChI is InChI=1S/C14H14N4S/c1-17-10-6-5-9-13(17)15-16-14-18(2)11-7-3-4-8-12(11)19-14/h3-10H,1-2H3/b15-13?,16-14-. The molecule has 0 radical (unpaired) electrons. The van der Waals surface area contributed by atoms with Crippen LogP contribution in [0, 0.1) is 0 Å². The van der Waals surface area contributed by atoms with Crippen LogP contribution in [0.15, 0.2) is 58.9 Å². The largest absolute Gasteiger partial charge is 0.335 e. The Kier molecular flexibility index (Phi) is 3.05. The van der Waals surface area contributed by atoms with Crippen LogP contribution in [0.2, 0.25) is 0 Å². The van der Waals surface area contributed by atoms with Gasteiger partial charge in [0.15, 0.2) is 5.49 Å². The van der Waals surface area contributed by atoms with Gasteiger partial charge < -0.3 is 9.13 Å². The molecule has 0 spiro atoms. The quantitative estimate of drug-likeness (QED) is 0.606. The molecule has 0 N–H and O–H groups in total. The smallest absolute Gasteiger partial charge is 0.211 e. The number of rotatable bonds is 1. The molecule has 3 rings (SSSR count). The number of pyridine rings is 1. The number of hydrogen-bond acceptors (Lipinski definition) is 3. The molecule has 0 fully saturated rings. The van der Waals surface area contributed by atoms with Crippen LogP contribution in [0.25, 0.3) is 10.2 Å². The van der Waals surface area contributed by atoms with Crippen molar-refractivity contribution in [3.63, 3.8) is 0 Å². The van der Waals surface area contributed by atoms with E-state index in [9.17, 15) is 0 Å². The second-order valence-corrected chi connectivity index (χ2v) is 5.29. The average Bonchev–Trinajstić information content (AvgIpc) is 2.75. The van der Waals surface area contributed by atoms with Crippen molar-refractivity contribution >= 4 is 21.6 Å². The van der Waals surface area contributed by atoms with Crippen LogP contribution in [0.5, 0.6) is 0 Å². The highest BCUT2D eigenvalue weighted by atomic mass is 32.1. The van der Waals surface area contributed by atoms with Crippen LogP contribution in [0.1, 0.15) is 0 Å². The first-order valence-corrected chi connectivity index (χ1v) is 6.81. The maximum Gasteiger partial charge on any atom is 0.211 e. The van der Waals surface area contributed by atoms with Crippen LogP contribution in [-0.2, 0) is 14.1 Å². The number of aromatic nitrogens is 2. The second kappa shape index (κ2) is 4.85. The summed E-state index contributed by atoms with van der Waals surface area (Å²) in [4.78, 5) is 0.894. The summed E-state index contributed by atoms with van der Waals surface area (Å²) < 4.78 is 5.22. The van der Waals surface area contributed by atoms with Gasteiger partial charge in [-0.15, -0.1) is 10.2 Å². The van der Waals surface area contributed by atoms with E-state index in [1.165, 1.54) is 10.2 Å². The Morgan fingerprint density at radius 3 is 2.53 bits per heavy atom. The fourth-order valence-electron chi connectivity index (χ4n) is 1.89. The molecule has 0 aliphatic carbocycles. The molecule has 5 heteroatoms. The minimum absolute atomic E-state index is 0.833. The van der Waals surface area contributed by atoms with Gasteiger partial charge in [-0.05, 0) is 24.3 Å². The molecule has 96 valence electrons. The summed E-state index contributed by atoms with van der Waals surface area (Å²) in [6.45, 7) is 0. The molecule has 0 aliphatic heterocycles. The van der Waals surface area contributed by atoms with Gasteiger partial charge in [-0.1, -0.05) is 29.5 Å². The topological polar surface area (TPSA) is 34.6 Å². The van der Waals surface area contributed by atoms with Crippen molar-refractivity contribution in [1.29, 1.82) is 0 Å². The minimum atomic E-state index is 0.833. The summed E-state index contributed by atoms with van der Waals surface area (Å²) in [6.07, 6.45) is 1.96. The minimum Gasteiger partial charge on any atom is -0.335 e. The van der Waals surface area contributed by atoms with Crippen LogP contribution in [0.3, 0.4) is 0 Å². The van der Waals surface area contributed by atoms with Crippen LogP contribution < -0.4 is 10.3 Å². The van der Waals surface area contributed by atoms with Gasteiger partial charge >= 0.3 is 0 Å². The predicted molar refractivity (Wildman–Crippen MR) is 77.3 cm³/mol. The van der Waals surface area contributed by atoms with Crippen molar-refractivity contribution in [3.8, 4) is 0 Å². The predicted octanol–water partition coefficient (Wildman–Crippen LogP) is 1.99. The normalized spacial score (nSPS) is 13.4. The van der Waals surface area contributed by atoms with E-state index in [1.807, 2.05) is 55.2 Å². The zero-order valence-electron chi connectivity index (χ0n) is 10.8. The summed E-state index contributed by atoms with van der Waals surface area (Å²) in [6, 6.07) is 14.1. The molecule has 0 aliphatic rings. The number of aryl methyl sites for hydroxylation is 2. The van der Waals surface area contributed by atoms with Crippen LogP contribution >= 0.6 is 11.3 Å². The van der Waals surface area contributed by atoms with Gasteiger partial charge in [0, 0.05) is 20.3 Å². The van der Waals surface area contributed by atoms with E-state index in [-0.39, 0.29) is 0 Å². The lowest BCUT2D eigenvalue weighted by Crippen LogP contribution is -2.16. The fourth-order valence-corrected chi connectivity index (χ4v) is 2.86. The molecule has 2 aromatic heterocycles. The fraction of sp³-hybridized carbons (Fsp3) is 0.143. The zero-order chi connectivity index (χ0) is 13.2. The van der Waals surface area contributed by atoms with Crippen LogP contribution in [0.4, 0.5) is 0 Å². The maximum absolute atomic E-state index is 4.36. The highest BCUT2D eigenvalue weighted by Gasteiger charge is 2.00. The summed E-state index contributed by atoms with van der Waals surface area (Å²) in [7, 11) is 3.97. The van der Waals surface area contributed by atoms with Gasteiger partial charge in [-0.3, -0.25) is 0 Å². The Morgan fingerprint density at radius 1 is 0.947 bits per heavy atom. The number of benzene rings is 1. The van der Waals surface area contributed by atoms with E-state index in [1.54, 1.807) is 11.3 Å². The van der Waals surface area contributed by atoms with Crippen LogP contribution in [-0.4, -0.2) is 9.13 Å². The van der Waals surface area contributed by atoms with Gasteiger partial charge in [-0.2, -0.15) is 0 Å². The molecule has 0 amide bonds. The lowest BCUT2D eigenvalue weighted by molar-refractivity contribution is 0.797. The molecule has 0 atom stereocenters. The van der Waals surface area contributed by atoms with Crippen molar-refractivity contribution in [2.75, 3.05) is 0 Å². The molecular formula is C14H14N4S. The lowest BCUT2D eigenvalue weighted by Gasteiger charge is -1.95. The van der Waals surface area contributed by atoms with E-state index in [0.717, 1.165) is 10.3 Å². The third-order valence-corrected chi connectivity index (χ3v) is 4.08. The molecular weight excluding hydrogens is 256 g/mol. The Labute approximate surface area is 114 Å². The van der Waals surface area contributed by atoms with E-state index in [0.29, 0.717) is 0 Å². The monoisotopic (exact) mass is 270 g/mol. The van der Waals surface area contributed by atoms with E-state index >= 15 is 0 Å². The van der Waals surface area contributed by atoms with Gasteiger partial charge in [0.2, 0.25) is 4.80 Å². The highest BCUT2D eigenvalue weighted by Crippen LogP contribution is 2.14. The number of para-hydroxylation sites is 1. The second-order valence-electron chi connectivity index (χ2n) is 4.28. The van der Waals surface area contributed by atoms with E-state index in [4.69, 9.17) is 0 Å². The Morgan fingerprint density at radius 2 is 1.74 bits per heavy atom. The SMILES string of the molecule is Cn1ccccc1=N/N=c1\sc2ccccc2n1C. The summed E-state index contributed by atoms with van der Waals surface area (Å²) in [5, 5.41) is 8.67. The van der Waals surface area contributed by atoms with Gasteiger partial charge in [0.25, 0.3) is 0 Å². The Balaban J connectivity index is 2.20. The summed E-state index contributed by atoms with van der Waals surface area (Å²) >= 11 is 1.64. The molecule has 0 bridgehead atoms. The van der Waals surface area contributed by atoms with Crippen molar-refractivity contribution in [1.82, 2.24) is 9.13 Å². The summed E-state index contributed by atoms with van der Waals surface area (Å²) in [5.74, 6) is 0. The van der Waals surface area contributed by atoms with E-state index < -0.39 is 0 Å². The molecule has 0 unspecified atom stereocenters. The first kappa shape index (κ1) is 11.9. The molecule has 1 aromatic carbocycles. The molecule has 0 saturated carbocycles. The van der Waals surface area contributed by atoms with Crippen molar-refractivity contribution in [2.45, 2.75) is 0 Å². The van der Waals surface area contributed by atoms with Crippen molar-refractivity contribution in [3.05, 3.63) is 59.0 Å². The third-order valence-electron chi connectivity index (χ3n) is 2.98. The number of nitrogens with zero attached hydrogens (tertiary/aromatic N) is 4. The third kappa shape index (κ3) is 2.24. The number of thiazole rings is 1. The van der Waals surface area contributed by atoms with Gasteiger partial charge in [0.1, 0.15) is 0 Å². The average molecular weight is 270 g/mol. The molecule has 2 heterocycles. The van der Waals surface area contributed by atoms with Gasteiger partial charge in [0.05, 0.1) is 10.2 Å². The van der Waals surface area contributed by atoms with Crippen molar-refractivity contribution in [2.24, 2.45) is 24.3 Å². The maximum atomic E-state index is 4.36. The lowest BCUT2D eigenvalue weighted by atomic mass is 10.3. The number of fused-ring (bicyclic) bond motifs is 1. The summed E-state index contributed by atoms with van der Waals surface area (Å²) in [5.41, 5.74) is 2.01. The first-order valence-electron chi connectivity index (χ1n) is 5.99. The molecule has 4 nitrogen and oxygen atoms in total. The Bertz CT molecular complexity index is 851. The molecule has 0 saturated heterocycles. The Hall–Kier alpha value is -2.14. The van der Waals surface area contributed by atoms with Gasteiger partial charge in [-0.25, -0.2) is 0 Å². The highest BCUT2D eigenvalue weighted by molar-refractivity contribution is 7.16. The number of hydrogen-bond donors (Lipinski definition) is 0. The van der Waals surface area contributed by atoms with E-state index in [2.05, 4.69) is 26.9 Å². The first-order chi connectivity index (χ1) is 9.25.